The molecule has 0 aliphatic carbocycles. The van der Waals surface area contributed by atoms with Crippen molar-refractivity contribution in [3.63, 3.8) is 0 Å². The third-order valence-electron chi connectivity index (χ3n) is 1.76. The van der Waals surface area contributed by atoms with Crippen molar-refractivity contribution in [1.82, 2.24) is 5.48 Å². The first-order valence-electron chi connectivity index (χ1n) is 3.69. The molecule has 1 aliphatic heterocycles. The van der Waals surface area contributed by atoms with Gasteiger partial charge in [0.05, 0.1) is 4.92 Å². The Morgan fingerprint density at radius 1 is 1.24 bits per heavy atom. The molecular formula is C3H3N7O7. The second-order valence-corrected chi connectivity index (χ2v) is 2.66. The molecule has 0 aromatic heterocycles. The van der Waals surface area contributed by atoms with E-state index in [-0.39, 0.29) is 0 Å². The zero-order valence-electron chi connectivity index (χ0n) is 7.66. The maximum Gasteiger partial charge on any atom is 0.502 e. The molecule has 0 fully saturated rings. The maximum atomic E-state index is 10.6. The van der Waals surface area contributed by atoms with Crippen molar-refractivity contribution in [3.8, 4) is 0 Å². The molecule has 2 N–H and O–H groups in total. The first-order chi connectivity index (χ1) is 7.86. The molecule has 1 atom stereocenters. The van der Waals surface area contributed by atoms with Gasteiger partial charge in [-0.05, 0) is 5.22 Å². The highest BCUT2D eigenvalue weighted by atomic mass is 16.7. The third kappa shape index (κ3) is 1.76. The lowest BCUT2D eigenvalue weighted by molar-refractivity contribution is -0.723. The van der Waals surface area contributed by atoms with Crippen LogP contribution < -0.4 is 5.48 Å². The summed E-state index contributed by atoms with van der Waals surface area (Å²) < 4.78 is 0. The molecule has 1 unspecified atom stereocenters. The second kappa shape index (κ2) is 4.10. The Hall–Kier alpha value is -2.61. The molecule has 0 saturated carbocycles. The van der Waals surface area contributed by atoms with Gasteiger partial charge in [0.15, 0.2) is 0 Å². The van der Waals surface area contributed by atoms with E-state index >= 15 is 0 Å². The quantitative estimate of drug-likeness (QED) is 0.336. The smallest absolute Gasteiger partial charge is 0.308 e. The number of rotatable bonds is 5. The van der Waals surface area contributed by atoms with E-state index in [9.17, 15) is 30.3 Å². The molecule has 1 aliphatic rings. The standard InChI is InChI=1S/C3H3N7O7/c11-6-3(10(16)17)1(4-7-5-3)2(8(12)13)9(14)15/h2,6,11H. The molecular weight excluding hydrogens is 246 g/mol. The Balaban J connectivity index is 3.26. The third-order valence-corrected chi connectivity index (χ3v) is 1.76. The minimum atomic E-state index is -3.01. The van der Waals surface area contributed by atoms with Gasteiger partial charge in [0.2, 0.25) is 0 Å². The van der Waals surface area contributed by atoms with Crippen LogP contribution in [0.1, 0.15) is 0 Å². The molecule has 0 aromatic carbocycles. The van der Waals surface area contributed by atoms with Gasteiger partial charge in [-0.3, -0.25) is 30.3 Å². The van der Waals surface area contributed by atoms with E-state index in [0.717, 1.165) is 5.48 Å². The zero-order chi connectivity index (χ0) is 13.2. The highest BCUT2D eigenvalue weighted by molar-refractivity contribution is 5.94. The van der Waals surface area contributed by atoms with Gasteiger partial charge in [-0.15, -0.1) is 10.6 Å². The van der Waals surface area contributed by atoms with E-state index < -0.39 is 32.4 Å². The molecule has 0 aromatic rings. The van der Waals surface area contributed by atoms with Crippen molar-refractivity contribution < 1.29 is 20.0 Å². The first-order valence-corrected chi connectivity index (χ1v) is 3.69. The van der Waals surface area contributed by atoms with Crippen LogP contribution in [0.4, 0.5) is 0 Å². The van der Waals surface area contributed by atoms with E-state index in [1.165, 1.54) is 0 Å². The molecule has 1 rings (SSSR count). The Morgan fingerprint density at radius 3 is 2.12 bits per heavy atom. The predicted molar refractivity (Wildman–Crippen MR) is 44.7 cm³/mol. The summed E-state index contributed by atoms with van der Waals surface area (Å²) in [5.74, 6) is -3.01. The van der Waals surface area contributed by atoms with Gasteiger partial charge < -0.3 is 5.21 Å². The number of nitro groups is 3. The van der Waals surface area contributed by atoms with E-state index in [1.807, 2.05) is 0 Å². The molecule has 1 heterocycles. The minimum absolute atomic E-state index is 1.02. The van der Waals surface area contributed by atoms with Crippen molar-refractivity contribution in [1.29, 1.82) is 0 Å². The van der Waals surface area contributed by atoms with Crippen LogP contribution in [0.2, 0.25) is 0 Å². The van der Waals surface area contributed by atoms with Crippen molar-refractivity contribution >= 4 is 5.71 Å². The summed E-state index contributed by atoms with van der Waals surface area (Å²) in [4.78, 5) is 27.3. The van der Waals surface area contributed by atoms with Gasteiger partial charge in [0.25, 0.3) is 0 Å². The van der Waals surface area contributed by atoms with E-state index in [2.05, 4.69) is 15.4 Å². The molecule has 0 saturated heterocycles. The summed E-state index contributed by atoms with van der Waals surface area (Å²) in [6, 6.07) is 0. The fraction of sp³-hybridized carbons (Fsp3) is 0.667. The lowest BCUT2D eigenvalue weighted by Gasteiger charge is -2.13. The summed E-state index contributed by atoms with van der Waals surface area (Å²) in [6.07, 6.45) is -2.74. The lowest BCUT2D eigenvalue weighted by Crippen LogP contribution is -2.60. The second-order valence-electron chi connectivity index (χ2n) is 2.66. The first kappa shape index (κ1) is 12.5. The SMILES string of the molecule is O=[N+]([O-])C(C1=NN=NC1(NO)[N+](=O)[O-])[N+](=O)[O-]. The Morgan fingerprint density at radius 2 is 1.76 bits per heavy atom. The normalized spacial score (nSPS) is 22.6. The van der Waals surface area contributed by atoms with Crippen LogP contribution in [-0.2, 0) is 0 Å². The van der Waals surface area contributed by atoms with Gasteiger partial charge in [-0.2, -0.15) is 0 Å². The topological polar surface area (TPSA) is 199 Å². The molecule has 0 amide bonds. The van der Waals surface area contributed by atoms with Gasteiger partial charge in [0, 0.05) is 0 Å². The van der Waals surface area contributed by atoms with Gasteiger partial charge in [0.1, 0.15) is 9.85 Å². The molecule has 0 radical (unpaired) electrons. The van der Waals surface area contributed by atoms with E-state index in [0.29, 0.717) is 0 Å². The van der Waals surface area contributed by atoms with Gasteiger partial charge in [-0.25, -0.2) is 0 Å². The number of nitrogens with one attached hydrogen (secondary N) is 1. The van der Waals surface area contributed by atoms with Crippen LogP contribution in [0.3, 0.4) is 0 Å². The zero-order valence-corrected chi connectivity index (χ0v) is 7.66. The molecule has 14 heteroatoms. The van der Waals surface area contributed by atoms with Crippen molar-refractivity contribution in [2.45, 2.75) is 12.0 Å². The highest BCUT2D eigenvalue weighted by Crippen LogP contribution is 2.21. The van der Waals surface area contributed by atoms with Crippen LogP contribution in [0.25, 0.3) is 0 Å². The predicted octanol–water partition coefficient (Wildman–Crippen LogP) is -1.40. The number of hydrogen-bond donors (Lipinski definition) is 2. The number of nitrogens with zero attached hydrogens (tertiary/aromatic N) is 6. The Kier molecular flexibility index (Phi) is 3.01. The average Bonchev–Trinajstić information content (AvgIpc) is 2.61. The lowest BCUT2D eigenvalue weighted by atomic mass is 10.2. The summed E-state index contributed by atoms with van der Waals surface area (Å²) >= 11 is 0. The average molecular weight is 249 g/mol. The monoisotopic (exact) mass is 249 g/mol. The molecule has 17 heavy (non-hydrogen) atoms. The van der Waals surface area contributed by atoms with Crippen molar-refractivity contribution in [2.75, 3.05) is 0 Å². The summed E-state index contributed by atoms with van der Waals surface area (Å²) in [6.45, 7) is 0. The molecule has 14 nitrogen and oxygen atoms in total. The molecule has 92 valence electrons. The molecule has 0 bridgehead atoms. The molecule has 0 spiro atoms. The number of hydroxylamine groups is 1. The Labute approximate surface area is 90.0 Å². The Bertz CT molecular complexity index is 429. The summed E-state index contributed by atoms with van der Waals surface area (Å²) in [5, 5.41) is 48.5. The van der Waals surface area contributed by atoms with Crippen LogP contribution in [0.5, 0.6) is 0 Å². The highest BCUT2D eigenvalue weighted by Gasteiger charge is 2.64. The van der Waals surface area contributed by atoms with Crippen LogP contribution in [-0.4, -0.2) is 37.6 Å². The van der Waals surface area contributed by atoms with Crippen LogP contribution >= 0.6 is 0 Å². The van der Waals surface area contributed by atoms with E-state index in [4.69, 9.17) is 5.21 Å². The van der Waals surface area contributed by atoms with Crippen molar-refractivity contribution in [2.24, 2.45) is 15.4 Å². The van der Waals surface area contributed by atoms with Crippen molar-refractivity contribution in [3.05, 3.63) is 30.3 Å². The van der Waals surface area contributed by atoms with E-state index in [1.54, 1.807) is 0 Å². The van der Waals surface area contributed by atoms with Crippen LogP contribution in [0.15, 0.2) is 15.4 Å². The fourth-order valence-electron chi connectivity index (χ4n) is 1.02. The summed E-state index contributed by atoms with van der Waals surface area (Å²) in [7, 11) is 0. The minimum Gasteiger partial charge on any atom is -0.308 e. The van der Waals surface area contributed by atoms with Gasteiger partial charge in [-0.1, -0.05) is 5.11 Å². The fourth-order valence-corrected chi connectivity index (χ4v) is 1.02. The number of hydrogen-bond acceptors (Lipinski definition) is 11. The summed E-state index contributed by atoms with van der Waals surface area (Å²) in [5.41, 5.74) is -0.232. The largest absolute Gasteiger partial charge is 0.502 e. The van der Waals surface area contributed by atoms with Crippen LogP contribution in [0, 0.1) is 30.3 Å². The maximum absolute atomic E-state index is 10.6. The van der Waals surface area contributed by atoms with Gasteiger partial charge >= 0.3 is 17.7 Å².